The Balaban J connectivity index is 2.22. The van der Waals surface area contributed by atoms with E-state index in [0.29, 0.717) is 11.3 Å². The van der Waals surface area contributed by atoms with Crippen molar-refractivity contribution in [1.82, 2.24) is 10.6 Å². The lowest BCUT2D eigenvalue weighted by Gasteiger charge is -2.29. The smallest absolute Gasteiger partial charge is 0.338 e. The number of hydrogen-bond acceptors (Lipinski definition) is 4. The van der Waals surface area contributed by atoms with Crippen molar-refractivity contribution in [3.63, 3.8) is 0 Å². The molecular formula is C18H18N2O4. The molecule has 1 aliphatic rings. The summed E-state index contributed by atoms with van der Waals surface area (Å²) in [7, 11) is 0. The molecule has 0 aromatic heterocycles. The molecule has 2 amide bonds. The minimum atomic E-state index is -0.788. The molecule has 0 spiro atoms. The first kappa shape index (κ1) is 15.9. The molecule has 0 fully saturated rings. The van der Waals surface area contributed by atoms with E-state index < -0.39 is 18.0 Å². The minimum absolute atomic E-state index is 0.00972. The number of allylic oxidation sites excluding steroid dienone is 1. The summed E-state index contributed by atoms with van der Waals surface area (Å²) in [4.78, 5) is 24.3. The average Bonchev–Trinajstić information content (AvgIpc) is 2.54. The number of phenols is 1. The number of fused-ring (bicyclic) bond motifs is 1. The Morgan fingerprint density at radius 1 is 1.25 bits per heavy atom. The van der Waals surface area contributed by atoms with Crippen LogP contribution < -0.4 is 10.6 Å². The van der Waals surface area contributed by atoms with Gasteiger partial charge in [-0.05, 0) is 30.7 Å². The standard InChI is InChI=1S/C18H18N2O4/c1-3-24-17(22)14-10(2)19-18(23)20-16(14)15-12-7-5-4-6-11(12)8-9-13(15)21/h4-9,16,21H,3H2,1-2H3,(H2,19,20,23)/t16-/m0/s1. The van der Waals surface area contributed by atoms with E-state index in [4.69, 9.17) is 4.74 Å². The van der Waals surface area contributed by atoms with Crippen molar-refractivity contribution in [2.75, 3.05) is 6.61 Å². The van der Waals surface area contributed by atoms with E-state index in [1.54, 1.807) is 26.0 Å². The van der Waals surface area contributed by atoms with Crippen molar-refractivity contribution in [3.05, 3.63) is 53.2 Å². The van der Waals surface area contributed by atoms with E-state index in [9.17, 15) is 14.7 Å². The van der Waals surface area contributed by atoms with Gasteiger partial charge in [0.1, 0.15) is 5.75 Å². The Hall–Kier alpha value is -3.02. The number of urea groups is 1. The lowest BCUT2D eigenvalue weighted by Crippen LogP contribution is -2.45. The zero-order valence-corrected chi connectivity index (χ0v) is 13.4. The summed E-state index contributed by atoms with van der Waals surface area (Å²) in [5.41, 5.74) is 1.17. The number of carbonyl (C=O) groups is 2. The van der Waals surface area contributed by atoms with E-state index in [1.165, 1.54) is 0 Å². The zero-order chi connectivity index (χ0) is 17.3. The second-order valence-corrected chi connectivity index (χ2v) is 5.51. The number of phenolic OH excluding ortho intramolecular Hbond substituents is 1. The molecule has 124 valence electrons. The van der Waals surface area contributed by atoms with Gasteiger partial charge in [0.2, 0.25) is 0 Å². The van der Waals surface area contributed by atoms with Crippen molar-refractivity contribution >= 4 is 22.8 Å². The van der Waals surface area contributed by atoms with Gasteiger partial charge in [0, 0.05) is 11.3 Å². The Kier molecular flexibility index (Phi) is 4.12. The predicted molar refractivity (Wildman–Crippen MR) is 89.4 cm³/mol. The number of amides is 2. The van der Waals surface area contributed by atoms with Gasteiger partial charge in [0.15, 0.2) is 0 Å². The van der Waals surface area contributed by atoms with Crippen LogP contribution in [-0.4, -0.2) is 23.7 Å². The summed E-state index contributed by atoms with van der Waals surface area (Å²) in [6.07, 6.45) is 0. The second-order valence-electron chi connectivity index (χ2n) is 5.51. The lowest BCUT2D eigenvalue weighted by molar-refractivity contribution is -0.139. The highest BCUT2D eigenvalue weighted by Gasteiger charge is 2.34. The summed E-state index contributed by atoms with van der Waals surface area (Å²) < 4.78 is 5.12. The molecule has 0 aliphatic carbocycles. The van der Waals surface area contributed by atoms with E-state index in [0.717, 1.165) is 10.8 Å². The Labute approximate surface area is 139 Å². The van der Waals surface area contributed by atoms with Crippen LogP contribution in [0, 0.1) is 0 Å². The first-order valence-electron chi connectivity index (χ1n) is 7.69. The molecule has 3 rings (SSSR count). The molecule has 1 aliphatic heterocycles. The molecule has 6 nitrogen and oxygen atoms in total. The lowest BCUT2D eigenvalue weighted by atomic mass is 9.90. The fourth-order valence-electron chi connectivity index (χ4n) is 2.98. The predicted octanol–water partition coefficient (Wildman–Crippen LogP) is 2.74. The monoisotopic (exact) mass is 326 g/mol. The topological polar surface area (TPSA) is 87.7 Å². The van der Waals surface area contributed by atoms with Gasteiger partial charge in [-0.15, -0.1) is 0 Å². The first-order valence-corrected chi connectivity index (χ1v) is 7.69. The molecule has 0 saturated carbocycles. The number of esters is 1. The number of hydrogen-bond donors (Lipinski definition) is 3. The Bertz CT molecular complexity index is 857. The van der Waals surface area contributed by atoms with E-state index in [1.807, 2.05) is 24.3 Å². The Morgan fingerprint density at radius 3 is 2.75 bits per heavy atom. The number of ether oxygens (including phenoxy) is 1. The summed E-state index contributed by atoms with van der Waals surface area (Å²) in [5.74, 6) is -0.518. The van der Waals surface area contributed by atoms with E-state index >= 15 is 0 Å². The van der Waals surface area contributed by atoms with Gasteiger partial charge >= 0.3 is 12.0 Å². The van der Waals surface area contributed by atoms with Crippen LogP contribution in [0.1, 0.15) is 25.5 Å². The second kappa shape index (κ2) is 6.23. The quantitative estimate of drug-likeness (QED) is 0.757. The van der Waals surface area contributed by atoms with Gasteiger partial charge in [-0.1, -0.05) is 30.3 Å². The van der Waals surface area contributed by atoms with Crippen LogP contribution in [0.5, 0.6) is 5.75 Å². The Morgan fingerprint density at radius 2 is 2.00 bits per heavy atom. The van der Waals surface area contributed by atoms with Crippen LogP contribution in [0.25, 0.3) is 10.8 Å². The van der Waals surface area contributed by atoms with Gasteiger partial charge in [-0.3, -0.25) is 0 Å². The highest BCUT2D eigenvalue weighted by Crippen LogP contribution is 2.38. The molecule has 1 heterocycles. The average molecular weight is 326 g/mol. The maximum atomic E-state index is 12.4. The molecule has 1 atom stereocenters. The molecular weight excluding hydrogens is 308 g/mol. The van der Waals surface area contributed by atoms with Crippen molar-refractivity contribution in [3.8, 4) is 5.75 Å². The van der Waals surface area contributed by atoms with Crippen LogP contribution >= 0.6 is 0 Å². The maximum Gasteiger partial charge on any atom is 0.338 e. The SMILES string of the molecule is CCOC(=O)C1=C(C)NC(=O)N[C@@H]1c1c(O)ccc2ccccc12. The first-order chi connectivity index (χ1) is 11.5. The summed E-state index contributed by atoms with van der Waals surface area (Å²) in [6, 6.07) is 9.61. The van der Waals surface area contributed by atoms with Gasteiger partial charge in [-0.2, -0.15) is 0 Å². The van der Waals surface area contributed by atoms with Crippen LogP contribution in [0.15, 0.2) is 47.7 Å². The van der Waals surface area contributed by atoms with Crippen LogP contribution in [0.2, 0.25) is 0 Å². The van der Waals surface area contributed by atoms with Crippen LogP contribution in [0.4, 0.5) is 4.79 Å². The van der Waals surface area contributed by atoms with Crippen LogP contribution in [0.3, 0.4) is 0 Å². The van der Waals surface area contributed by atoms with E-state index in [2.05, 4.69) is 10.6 Å². The summed E-state index contributed by atoms with van der Waals surface area (Å²) in [6.45, 7) is 3.57. The van der Waals surface area contributed by atoms with Crippen molar-refractivity contribution < 1.29 is 19.4 Å². The maximum absolute atomic E-state index is 12.4. The summed E-state index contributed by atoms with van der Waals surface area (Å²) in [5, 5.41) is 17.4. The third-order valence-corrected chi connectivity index (χ3v) is 4.00. The van der Waals surface area contributed by atoms with Crippen molar-refractivity contribution in [1.29, 1.82) is 0 Å². The summed E-state index contributed by atoms with van der Waals surface area (Å²) >= 11 is 0. The van der Waals surface area contributed by atoms with E-state index in [-0.39, 0.29) is 17.9 Å². The number of benzene rings is 2. The minimum Gasteiger partial charge on any atom is -0.508 e. The van der Waals surface area contributed by atoms with Gasteiger partial charge < -0.3 is 20.5 Å². The molecule has 6 heteroatoms. The third-order valence-electron chi connectivity index (χ3n) is 4.00. The molecule has 0 saturated heterocycles. The fraction of sp³-hybridized carbons (Fsp3) is 0.222. The largest absolute Gasteiger partial charge is 0.508 e. The molecule has 0 radical (unpaired) electrons. The molecule has 0 bridgehead atoms. The van der Waals surface area contributed by atoms with Gasteiger partial charge in [0.05, 0.1) is 18.2 Å². The molecule has 0 unspecified atom stereocenters. The van der Waals surface area contributed by atoms with Crippen molar-refractivity contribution in [2.45, 2.75) is 19.9 Å². The van der Waals surface area contributed by atoms with Crippen molar-refractivity contribution in [2.24, 2.45) is 0 Å². The zero-order valence-electron chi connectivity index (χ0n) is 13.4. The normalized spacial score (nSPS) is 17.4. The molecule has 3 N–H and O–H groups in total. The fourth-order valence-corrected chi connectivity index (χ4v) is 2.98. The van der Waals surface area contributed by atoms with Crippen LogP contribution in [-0.2, 0) is 9.53 Å². The van der Waals surface area contributed by atoms with Gasteiger partial charge in [0.25, 0.3) is 0 Å². The number of aromatic hydroxyl groups is 1. The molecule has 24 heavy (non-hydrogen) atoms. The number of nitrogens with one attached hydrogen (secondary N) is 2. The molecule has 2 aromatic rings. The third kappa shape index (κ3) is 2.67. The molecule has 2 aromatic carbocycles. The number of carbonyl (C=O) groups excluding carboxylic acids is 2. The van der Waals surface area contributed by atoms with Gasteiger partial charge in [-0.25, -0.2) is 9.59 Å². The highest BCUT2D eigenvalue weighted by atomic mass is 16.5. The number of rotatable bonds is 3. The highest BCUT2D eigenvalue weighted by molar-refractivity contribution is 5.98.